The van der Waals surface area contributed by atoms with E-state index in [1.807, 2.05) is 36.4 Å². The van der Waals surface area contributed by atoms with Crippen LogP contribution >= 0.6 is 11.6 Å². The molecule has 94 valence electrons. The van der Waals surface area contributed by atoms with Gasteiger partial charge < -0.3 is 10.1 Å². The first kappa shape index (κ1) is 12.9. The molecule has 1 N–H and O–H groups in total. The van der Waals surface area contributed by atoms with Crippen molar-refractivity contribution in [3.63, 3.8) is 0 Å². The number of ether oxygens (including phenoxy) is 1. The van der Waals surface area contributed by atoms with Crippen LogP contribution in [0.4, 0.5) is 5.69 Å². The van der Waals surface area contributed by atoms with Crippen LogP contribution in [0.15, 0.2) is 48.5 Å². The van der Waals surface area contributed by atoms with Gasteiger partial charge in [-0.05, 0) is 23.8 Å². The van der Waals surface area contributed by atoms with Crippen LogP contribution in [0.2, 0.25) is 5.02 Å². The van der Waals surface area contributed by atoms with Crippen molar-refractivity contribution in [3.8, 4) is 0 Å². The van der Waals surface area contributed by atoms with Gasteiger partial charge in [0.2, 0.25) is 0 Å². The molecule has 0 radical (unpaired) electrons. The van der Waals surface area contributed by atoms with Gasteiger partial charge in [0, 0.05) is 29.9 Å². The minimum Gasteiger partial charge on any atom is -0.381 e. The van der Waals surface area contributed by atoms with Gasteiger partial charge in [-0.1, -0.05) is 41.9 Å². The lowest BCUT2D eigenvalue weighted by Gasteiger charge is -2.11. The average molecular weight is 262 g/mol. The first-order valence-corrected chi connectivity index (χ1v) is 6.22. The molecule has 3 heteroatoms. The van der Waals surface area contributed by atoms with E-state index in [2.05, 4.69) is 17.4 Å². The molecular formula is C15H16ClNO. The van der Waals surface area contributed by atoms with Gasteiger partial charge in [-0.3, -0.25) is 0 Å². The van der Waals surface area contributed by atoms with Gasteiger partial charge in [-0.15, -0.1) is 0 Å². The zero-order chi connectivity index (χ0) is 12.8. The first-order valence-electron chi connectivity index (χ1n) is 5.85. The average Bonchev–Trinajstić information content (AvgIpc) is 2.40. The highest BCUT2D eigenvalue weighted by Crippen LogP contribution is 2.17. The lowest BCUT2D eigenvalue weighted by atomic mass is 10.1. The number of benzene rings is 2. The number of methoxy groups -OCH3 is 1. The smallest absolute Gasteiger partial charge is 0.0733 e. The van der Waals surface area contributed by atoms with E-state index < -0.39 is 0 Å². The lowest BCUT2D eigenvalue weighted by molar-refractivity contribution is 0.185. The summed E-state index contributed by atoms with van der Waals surface area (Å²) >= 11 is 5.86. The maximum Gasteiger partial charge on any atom is 0.0733 e. The summed E-state index contributed by atoms with van der Waals surface area (Å²) in [6, 6.07) is 16.0. The first-order chi connectivity index (χ1) is 8.79. The largest absolute Gasteiger partial charge is 0.381 e. The molecule has 2 aromatic carbocycles. The van der Waals surface area contributed by atoms with Crippen LogP contribution in [0.3, 0.4) is 0 Å². The van der Waals surface area contributed by atoms with Crippen LogP contribution in [-0.4, -0.2) is 7.11 Å². The molecule has 2 rings (SSSR count). The standard InChI is InChI=1S/C15H16ClNO/c1-18-11-13-4-2-3-5-15(13)17-10-12-6-8-14(16)9-7-12/h2-9,17H,10-11H2,1H3. The maximum absolute atomic E-state index is 5.86. The minimum absolute atomic E-state index is 0.615. The van der Waals surface area contributed by atoms with E-state index in [0.29, 0.717) is 6.61 Å². The molecule has 0 bridgehead atoms. The third kappa shape index (κ3) is 3.49. The summed E-state index contributed by atoms with van der Waals surface area (Å²) in [6.45, 7) is 1.39. The van der Waals surface area contributed by atoms with E-state index in [0.717, 1.165) is 22.8 Å². The van der Waals surface area contributed by atoms with Gasteiger partial charge >= 0.3 is 0 Å². The molecule has 0 unspecified atom stereocenters. The summed E-state index contributed by atoms with van der Waals surface area (Å²) < 4.78 is 5.18. The van der Waals surface area contributed by atoms with Crippen molar-refractivity contribution in [1.82, 2.24) is 0 Å². The molecule has 0 aliphatic heterocycles. The van der Waals surface area contributed by atoms with E-state index in [-0.39, 0.29) is 0 Å². The molecule has 0 saturated heterocycles. The molecule has 0 aromatic heterocycles. The third-order valence-electron chi connectivity index (χ3n) is 2.71. The monoisotopic (exact) mass is 261 g/mol. The van der Waals surface area contributed by atoms with Crippen LogP contribution in [0.25, 0.3) is 0 Å². The fourth-order valence-electron chi connectivity index (χ4n) is 1.77. The Labute approximate surface area is 113 Å². The van der Waals surface area contributed by atoms with Crippen molar-refractivity contribution in [3.05, 3.63) is 64.7 Å². The normalized spacial score (nSPS) is 10.3. The van der Waals surface area contributed by atoms with Crippen molar-refractivity contribution in [2.75, 3.05) is 12.4 Å². The highest BCUT2D eigenvalue weighted by atomic mass is 35.5. The van der Waals surface area contributed by atoms with Gasteiger partial charge in [0.15, 0.2) is 0 Å². The summed E-state index contributed by atoms with van der Waals surface area (Å²) in [4.78, 5) is 0. The van der Waals surface area contributed by atoms with Gasteiger partial charge in [0.05, 0.1) is 6.61 Å². The molecule has 0 fully saturated rings. The topological polar surface area (TPSA) is 21.3 Å². The molecule has 0 aliphatic rings. The van der Waals surface area contributed by atoms with Crippen molar-refractivity contribution < 1.29 is 4.74 Å². The Kier molecular flexibility index (Phi) is 4.62. The third-order valence-corrected chi connectivity index (χ3v) is 2.97. The second-order valence-electron chi connectivity index (χ2n) is 4.07. The Morgan fingerprint density at radius 3 is 2.50 bits per heavy atom. The highest BCUT2D eigenvalue weighted by molar-refractivity contribution is 6.30. The van der Waals surface area contributed by atoms with E-state index in [1.54, 1.807) is 7.11 Å². The summed E-state index contributed by atoms with van der Waals surface area (Å²) in [5.41, 5.74) is 3.47. The minimum atomic E-state index is 0.615. The molecule has 0 saturated carbocycles. The van der Waals surface area contributed by atoms with Crippen LogP contribution in [0, 0.1) is 0 Å². The fourth-order valence-corrected chi connectivity index (χ4v) is 1.90. The SMILES string of the molecule is COCc1ccccc1NCc1ccc(Cl)cc1. The van der Waals surface area contributed by atoms with E-state index >= 15 is 0 Å². The zero-order valence-electron chi connectivity index (χ0n) is 10.3. The Hall–Kier alpha value is -1.51. The Balaban J connectivity index is 2.03. The van der Waals surface area contributed by atoms with Crippen molar-refractivity contribution in [2.24, 2.45) is 0 Å². The number of rotatable bonds is 5. The van der Waals surface area contributed by atoms with Crippen LogP contribution in [0.5, 0.6) is 0 Å². The number of nitrogens with one attached hydrogen (secondary N) is 1. The predicted molar refractivity (Wildman–Crippen MR) is 75.9 cm³/mol. The molecule has 18 heavy (non-hydrogen) atoms. The number of hydrogen-bond acceptors (Lipinski definition) is 2. The molecule has 0 heterocycles. The van der Waals surface area contributed by atoms with E-state index in [1.165, 1.54) is 5.56 Å². The highest BCUT2D eigenvalue weighted by Gasteiger charge is 2.00. The molecule has 2 aromatic rings. The number of hydrogen-bond donors (Lipinski definition) is 1. The second kappa shape index (κ2) is 6.43. The zero-order valence-corrected chi connectivity index (χ0v) is 11.1. The van der Waals surface area contributed by atoms with Crippen LogP contribution < -0.4 is 5.32 Å². The molecule has 0 spiro atoms. The summed E-state index contributed by atoms with van der Waals surface area (Å²) in [7, 11) is 1.70. The lowest BCUT2D eigenvalue weighted by Crippen LogP contribution is -2.02. The van der Waals surface area contributed by atoms with Gasteiger partial charge in [-0.25, -0.2) is 0 Å². The number of halogens is 1. The molecule has 2 nitrogen and oxygen atoms in total. The summed E-state index contributed by atoms with van der Waals surface area (Å²) in [6.07, 6.45) is 0. The van der Waals surface area contributed by atoms with E-state index in [4.69, 9.17) is 16.3 Å². The summed E-state index contributed by atoms with van der Waals surface area (Å²) in [5, 5.41) is 4.17. The Bertz CT molecular complexity index is 496. The number of para-hydroxylation sites is 1. The van der Waals surface area contributed by atoms with Gasteiger partial charge in [-0.2, -0.15) is 0 Å². The molecular weight excluding hydrogens is 246 g/mol. The van der Waals surface area contributed by atoms with Gasteiger partial charge in [0.25, 0.3) is 0 Å². The summed E-state index contributed by atoms with van der Waals surface area (Å²) in [5.74, 6) is 0. The number of anilines is 1. The molecule has 0 amide bonds. The van der Waals surface area contributed by atoms with Crippen molar-refractivity contribution >= 4 is 17.3 Å². The van der Waals surface area contributed by atoms with Crippen LogP contribution in [0.1, 0.15) is 11.1 Å². The second-order valence-corrected chi connectivity index (χ2v) is 4.51. The van der Waals surface area contributed by atoms with Crippen molar-refractivity contribution in [2.45, 2.75) is 13.2 Å². The maximum atomic E-state index is 5.86. The molecule has 0 atom stereocenters. The van der Waals surface area contributed by atoms with Crippen LogP contribution in [-0.2, 0) is 17.9 Å². The van der Waals surface area contributed by atoms with E-state index in [9.17, 15) is 0 Å². The van der Waals surface area contributed by atoms with Crippen molar-refractivity contribution in [1.29, 1.82) is 0 Å². The Morgan fingerprint density at radius 1 is 1.06 bits per heavy atom. The quantitative estimate of drug-likeness (QED) is 0.875. The fraction of sp³-hybridized carbons (Fsp3) is 0.200. The molecule has 0 aliphatic carbocycles. The van der Waals surface area contributed by atoms with Gasteiger partial charge in [0.1, 0.15) is 0 Å². The predicted octanol–water partition coefficient (Wildman–Crippen LogP) is 4.10. The Morgan fingerprint density at radius 2 is 1.78 bits per heavy atom.